The number of hydrogen-bond donors (Lipinski definition) is 0. The summed E-state index contributed by atoms with van der Waals surface area (Å²) in [6.07, 6.45) is 0. The van der Waals surface area contributed by atoms with Gasteiger partial charge in [0.1, 0.15) is 5.69 Å². The first-order chi connectivity index (χ1) is 15.8. The Morgan fingerprint density at radius 2 is 1.61 bits per heavy atom. The average molecular weight is 474 g/mol. The fourth-order valence-corrected chi connectivity index (χ4v) is 5.87. The van der Waals surface area contributed by atoms with Crippen molar-refractivity contribution in [2.24, 2.45) is 0 Å². The van der Waals surface area contributed by atoms with Crippen LogP contribution in [0.15, 0.2) is 47.4 Å². The Morgan fingerprint density at radius 3 is 2.24 bits per heavy atom. The minimum atomic E-state index is -3.76. The minimum absolute atomic E-state index is 0.0132. The normalized spacial score (nSPS) is 19.0. The minimum Gasteiger partial charge on any atom is -0.363 e. The first kappa shape index (κ1) is 23.6. The van der Waals surface area contributed by atoms with Gasteiger partial charge in [-0.15, -0.1) is 0 Å². The Hall–Kier alpha value is -2.53. The van der Waals surface area contributed by atoms with Gasteiger partial charge in [0.15, 0.2) is 0 Å². The Bertz CT molecular complexity index is 1110. The molecular formula is C23H31N5O4S. The van der Waals surface area contributed by atoms with E-state index in [-0.39, 0.29) is 10.6 Å². The summed E-state index contributed by atoms with van der Waals surface area (Å²) in [6, 6.07) is 12.6. The number of nitro benzene ring substituents is 1. The molecule has 0 spiro atoms. The van der Waals surface area contributed by atoms with E-state index in [2.05, 4.69) is 28.9 Å². The number of hydrogen-bond acceptors (Lipinski definition) is 7. The molecule has 9 nitrogen and oxygen atoms in total. The maximum Gasteiger partial charge on any atom is 0.293 e. The number of benzene rings is 2. The van der Waals surface area contributed by atoms with E-state index in [4.69, 9.17) is 0 Å². The summed E-state index contributed by atoms with van der Waals surface area (Å²) < 4.78 is 27.5. The molecule has 0 N–H and O–H groups in total. The Labute approximate surface area is 195 Å². The molecule has 4 rings (SSSR count). The SMILES string of the molecule is Cc1ccccc1CN1CCN(c2ccc(S(=O)(=O)N3CCN(C)CC3)cc2[N+](=O)[O-])CC1. The van der Waals surface area contributed by atoms with Gasteiger partial charge in [0.05, 0.1) is 9.82 Å². The molecule has 2 heterocycles. The molecule has 0 saturated carbocycles. The summed E-state index contributed by atoms with van der Waals surface area (Å²) >= 11 is 0. The smallest absolute Gasteiger partial charge is 0.293 e. The van der Waals surface area contributed by atoms with Crippen molar-refractivity contribution in [1.29, 1.82) is 0 Å². The molecule has 33 heavy (non-hydrogen) atoms. The van der Waals surface area contributed by atoms with E-state index in [9.17, 15) is 18.5 Å². The molecule has 0 radical (unpaired) electrons. The van der Waals surface area contributed by atoms with Crippen LogP contribution in [-0.2, 0) is 16.6 Å². The second kappa shape index (κ2) is 9.76. The molecule has 10 heteroatoms. The van der Waals surface area contributed by atoms with Crippen molar-refractivity contribution in [2.45, 2.75) is 18.4 Å². The molecule has 0 atom stereocenters. The van der Waals surface area contributed by atoms with E-state index < -0.39 is 14.9 Å². The summed E-state index contributed by atoms with van der Waals surface area (Å²) in [7, 11) is -1.81. The summed E-state index contributed by atoms with van der Waals surface area (Å²) in [5.41, 5.74) is 2.87. The van der Waals surface area contributed by atoms with Crippen molar-refractivity contribution in [1.82, 2.24) is 14.1 Å². The number of likely N-dealkylation sites (N-methyl/N-ethyl adjacent to an activating group) is 1. The van der Waals surface area contributed by atoms with Crippen LogP contribution in [0.3, 0.4) is 0 Å². The highest BCUT2D eigenvalue weighted by molar-refractivity contribution is 7.89. The second-order valence-electron chi connectivity index (χ2n) is 8.80. The van der Waals surface area contributed by atoms with Crippen LogP contribution in [0, 0.1) is 17.0 Å². The molecule has 2 saturated heterocycles. The monoisotopic (exact) mass is 473 g/mol. The number of nitrogens with zero attached hydrogens (tertiary/aromatic N) is 5. The molecule has 2 aromatic carbocycles. The first-order valence-corrected chi connectivity index (χ1v) is 12.7. The van der Waals surface area contributed by atoms with E-state index in [0.29, 0.717) is 45.0 Å². The average Bonchev–Trinajstić information content (AvgIpc) is 2.81. The van der Waals surface area contributed by atoms with Crippen molar-refractivity contribution in [2.75, 3.05) is 64.3 Å². The number of aryl methyl sites for hydroxylation is 1. The van der Waals surface area contributed by atoms with E-state index in [1.807, 2.05) is 24.1 Å². The highest BCUT2D eigenvalue weighted by atomic mass is 32.2. The zero-order chi connectivity index (χ0) is 23.6. The molecular weight excluding hydrogens is 442 g/mol. The number of rotatable bonds is 6. The summed E-state index contributed by atoms with van der Waals surface area (Å²) in [5.74, 6) is 0. The lowest BCUT2D eigenvalue weighted by Crippen LogP contribution is -2.47. The lowest BCUT2D eigenvalue weighted by atomic mass is 10.1. The van der Waals surface area contributed by atoms with Crippen LogP contribution in [0.1, 0.15) is 11.1 Å². The maximum absolute atomic E-state index is 13.1. The molecule has 0 aliphatic carbocycles. The predicted octanol–water partition coefficient (Wildman–Crippen LogP) is 2.16. The van der Waals surface area contributed by atoms with Crippen LogP contribution in [0.4, 0.5) is 11.4 Å². The second-order valence-corrected chi connectivity index (χ2v) is 10.7. The third kappa shape index (κ3) is 5.19. The van der Waals surface area contributed by atoms with Gasteiger partial charge in [-0.3, -0.25) is 15.0 Å². The van der Waals surface area contributed by atoms with Crippen LogP contribution >= 0.6 is 0 Å². The number of sulfonamides is 1. The van der Waals surface area contributed by atoms with E-state index in [0.717, 1.165) is 19.6 Å². The van der Waals surface area contributed by atoms with Crippen molar-refractivity contribution >= 4 is 21.4 Å². The quantitative estimate of drug-likeness (QED) is 0.469. The van der Waals surface area contributed by atoms with Gasteiger partial charge in [-0.25, -0.2) is 8.42 Å². The predicted molar refractivity (Wildman–Crippen MR) is 128 cm³/mol. The molecule has 0 unspecified atom stereocenters. The van der Waals surface area contributed by atoms with E-state index in [1.165, 1.54) is 27.6 Å². The topological polar surface area (TPSA) is 90.2 Å². The highest BCUT2D eigenvalue weighted by Gasteiger charge is 2.31. The van der Waals surface area contributed by atoms with Gasteiger partial charge in [-0.2, -0.15) is 4.31 Å². The van der Waals surface area contributed by atoms with Crippen LogP contribution in [0.25, 0.3) is 0 Å². The molecule has 178 valence electrons. The molecule has 0 aromatic heterocycles. The van der Waals surface area contributed by atoms with Gasteiger partial charge in [-0.05, 0) is 37.2 Å². The molecule has 0 amide bonds. The van der Waals surface area contributed by atoms with Crippen molar-refractivity contribution in [3.05, 3.63) is 63.7 Å². The largest absolute Gasteiger partial charge is 0.363 e. The zero-order valence-corrected chi connectivity index (χ0v) is 20.0. The van der Waals surface area contributed by atoms with Crippen molar-refractivity contribution in [3.8, 4) is 0 Å². The van der Waals surface area contributed by atoms with Gasteiger partial charge in [0.25, 0.3) is 5.69 Å². The van der Waals surface area contributed by atoms with Crippen LogP contribution in [-0.4, -0.2) is 86.9 Å². The lowest BCUT2D eigenvalue weighted by Gasteiger charge is -2.36. The molecule has 2 aliphatic heterocycles. The Morgan fingerprint density at radius 1 is 0.939 bits per heavy atom. The van der Waals surface area contributed by atoms with Crippen molar-refractivity contribution in [3.63, 3.8) is 0 Å². The third-order valence-corrected chi connectivity index (χ3v) is 8.51. The number of piperazine rings is 2. The fourth-order valence-electron chi connectivity index (χ4n) is 4.43. The molecule has 0 bridgehead atoms. The summed E-state index contributed by atoms with van der Waals surface area (Å²) in [4.78, 5) is 17.8. The molecule has 2 fully saturated rings. The standard InChI is InChI=1S/C23H31N5O4S/c1-19-5-3-4-6-20(19)18-25-11-13-26(14-12-25)22-8-7-21(17-23(22)28(29)30)33(31,32)27-15-9-24(2)10-16-27/h3-8,17H,9-16,18H2,1-2H3. The van der Waals surface area contributed by atoms with Gasteiger partial charge in [-0.1, -0.05) is 24.3 Å². The Kier molecular flexibility index (Phi) is 6.99. The van der Waals surface area contributed by atoms with E-state index >= 15 is 0 Å². The lowest BCUT2D eigenvalue weighted by molar-refractivity contribution is -0.384. The van der Waals surface area contributed by atoms with Gasteiger partial charge in [0, 0.05) is 65.0 Å². The first-order valence-electron chi connectivity index (χ1n) is 11.2. The van der Waals surface area contributed by atoms with Crippen LogP contribution in [0.2, 0.25) is 0 Å². The summed E-state index contributed by atoms with van der Waals surface area (Å²) in [5, 5.41) is 11.9. The van der Waals surface area contributed by atoms with Gasteiger partial charge in [0.2, 0.25) is 10.0 Å². The number of nitro groups is 1. The zero-order valence-electron chi connectivity index (χ0n) is 19.2. The highest BCUT2D eigenvalue weighted by Crippen LogP contribution is 2.33. The fraction of sp³-hybridized carbons (Fsp3) is 0.478. The van der Waals surface area contributed by atoms with Crippen molar-refractivity contribution < 1.29 is 13.3 Å². The molecule has 2 aromatic rings. The maximum atomic E-state index is 13.1. The Balaban J connectivity index is 1.48. The van der Waals surface area contributed by atoms with Crippen LogP contribution < -0.4 is 4.90 Å². The number of anilines is 1. The van der Waals surface area contributed by atoms with E-state index in [1.54, 1.807) is 6.07 Å². The van der Waals surface area contributed by atoms with Crippen LogP contribution in [0.5, 0.6) is 0 Å². The van der Waals surface area contributed by atoms with Gasteiger partial charge < -0.3 is 9.80 Å². The van der Waals surface area contributed by atoms with Gasteiger partial charge >= 0.3 is 0 Å². The molecule has 2 aliphatic rings. The third-order valence-electron chi connectivity index (χ3n) is 6.61. The summed E-state index contributed by atoms with van der Waals surface area (Å²) in [6.45, 7) is 7.89.